The minimum Gasteiger partial charge on any atom is -0.271 e. The maximum atomic E-state index is 11.7. The highest BCUT2D eigenvalue weighted by Gasteiger charge is 2.10. The normalized spacial score (nSPS) is 10.5. The van der Waals surface area contributed by atoms with Crippen LogP contribution >= 0.6 is 0 Å². The van der Waals surface area contributed by atoms with Gasteiger partial charge in [-0.15, -0.1) is 0 Å². The molecule has 0 aliphatic carbocycles. The van der Waals surface area contributed by atoms with Gasteiger partial charge in [0.1, 0.15) is 0 Å². The molecule has 2 aromatic heterocycles. The minimum atomic E-state index is -0.719. The van der Waals surface area contributed by atoms with E-state index in [4.69, 9.17) is 0 Å². The maximum absolute atomic E-state index is 11.7. The first-order valence-electron chi connectivity index (χ1n) is 6.03. The molecule has 0 atom stereocenters. The first-order chi connectivity index (χ1) is 10.5. The van der Waals surface area contributed by atoms with Gasteiger partial charge in [-0.2, -0.15) is 10.2 Å². The van der Waals surface area contributed by atoms with Crippen LogP contribution < -0.4 is 22.5 Å². The lowest BCUT2D eigenvalue weighted by Crippen LogP contribution is -2.25. The Hall–Kier alpha value is -3.56. The second kappa shape index (κ2) is 5.09. The second-order valence-electron chi connectivity index (χ2n) is 4.29. The summed E-state index contributed by atoms with van der Waals surface area (Å²) in [7, 11) is 0. The number of benzene rings is 1. The van der Waals surface area contributed by atoms with Crippen molar-refractivity contribution in [1.29, 1.82) is 0 Å². The van der Waals surface area contributed by atoms with E-state index in [1.54, 1.807) is 18.2 Å². The fourth-order valence-electron chi connectivity index (χ4n) is 1.90. The summed E-state index contributed by atoms with van der Waals surface area (Å²) in [6, 6.07) is 6.24. The highest BCUT2D eigenvalue weighted by Crippen LogP contribution is 2.19. The van der Waals surface area contributed by atoms with Crippen molar-refractivity contribution in [3.8, 4) is 22.5 Å². The van der Waals surface area contributed by atoms with E-state index in [0.717, 1.165) is 0 Å². The third kappa shape index (κ3) is 2.40. The van der Waals surface area contributed by atoms with E-state index >= 15 is 0 Å². The maximum Gasteiger partial charge on any atom is 0.342 e. The van der Waals surface area contributed by atoms with Gasteiger partial charge >= 0.3 is 11.4 Å². The molecular weight excluding hydrogens is 292 g/mol. The Labute approximate surface area is 119 Å². The van der Waals surface area contributed by atoms with Gasteiger partial charge in [0.15, 0.2) is 11.4 Å². The fraction of sp³-hybridized carbons (Fsp3) is 0. The Morgan fingerprint density at radius 2 is 1.18 bits per heavy atom. The molecule has 0 spiro atoms. The summed E-state index contributed by atoms with van der Waals surface area (Å²) in [5, 5.41) is 11.6. The lowest BCUT2D eigenvalue weighted by Gasteiger charge is -2.02. The average molecular weight is 300 g/mol. The van der Waals surface area contributed by atoms with Crippen LogP contribution in [0.25, 0.3) is 22.5 Å². The number of aromatic amines is 4. The van der Waals surface area contributed by atoms with Gasteiger partial charge in [0.05, 0.1) is 0 Å². The zero-order valence-electron chi connectivity index (χ0n) is 10.8. The smallest absolute Gasteiger partial charge is 0.271 e. The molecule has 3 rings (SSSR count). The summed E-state index contributed by atoms with van der Waals surface area (Å²) in [5.41, 5.74) is -2.03. The van der Waals surface area contributed by atoms with Crippen molar-refractivity contribution in [3.63, 3.8) is 0 Å². The summed E-state index contributed by atoms with van der Waals surface area (Å²) in [4.78, 5) is 49.5. The molecule has 2 heterocycles. The number of H-pyrrole nitrogens is 4. The number of rotatable bonds is 2. The van der Waals surface area contributed by atoms with Crippen molar-refractivity contribution in [3.05, 3.63) is 65.9 Å². The number of nitrogens with one attached hydrogen (secondary N) is 4. The van der Waals surface area contributed by atoms with E-state index in [1.165, 1.54) is 6.07 Å². The monoisotopic (exact) mass is 300 g/mol. The standard InChI is InChI=1S/C12H8N6O4/c19-9-7(15-17-11(21)13-9)5-2-1-3-6(4-5)8-10(20)14-12(22)18-16-8/h1-4H,(H2,13,17,19,21)(H2,14,18,20,22). The van der Waals surface area contributed by atoms with E-state index in [2.05, 4.69) is 30.4 Å². The Balaban J connectivity index is 2.18. The summed E-state index contributed by atoms with van der Waals surface area (Å²) in [5.74, 6) is 0. The Kier molecular flexibility index (Phi) is 3.10. The van der Waals surface area contributed by atoms with Gasteiger partial charge in [0, 0.05) is 11.1 Å². The van der Waals surface area contributed by atoms with E-state index < -0.39 is 22.5 Å². The summed E-state index contributed by atoms with van der Waals surface area (Å²) >= 11 is 0. The molecule has 0 amide bonds. The molecule has 0 unspecified atom stereocenters. The average Bonchev–Trinajstić information content (AvgIpc) is 2.47. The molecule has 0 aliphatic rings. The van der Waals surface area contributed by atoms with Crippen LogP contribution in [0.2, 0.25) is 0 Å². The molecular formula is C12H8N6O4. The molecule has 3 aromatic rings. The van der Waals surface area contributed by atoms with E-state index in [9.17, 15) is 19.2 Å². The molecule has 22 heavy (non-hydrogen) atoms. The van der Waals surface area contributed by atoms with Crippen molar-refractivity contribution < 1.29 is 0 Å². The van der Waals surface area contributed by atoms with Crippen LogP contribution in [0.4, 0.5) is 0 Å². The van der Waals surface area contributed by atoms with Crippen LogP contribution in [0, 0.1) is 0 Å². The topological polar surface area (TPSA) is 157 Å². The van der Waals surface area contributed by atoms with Gasteiger partial charge in [-0.3, -0.25) is 19.6 Å². The summed E-state index contributed by atoms with van der Waals surface area (Å²) in [6.07, 6.45) is 0. The van der Waals surface area contributed by atoms with Crippen LogP contribution in [0.15, 0.2) is 43.4 Å². The van der Waals surface area contributed by atoms with Crippen molar-refractivity contribution in [2.75, 3.05) is 0 Å². The first-order valence-corrected chi connectivity index (χ1v) is 6.03. The van der Waals surface area contributed by atoms with Gasteiger partial charge in [0.25, 0.3) is 11.1 Å². The molecule has 1 aromatic carbocycles. The summed E-state index contributed by atoms with van der Waals surface area (Å²) < 4.78 is 0. The van der Waals surface area contributed by atoms with Crippen LogP contribution in [0.3, 0.4) is 0 Å². The molecule has 4 N–H and O–H groups in total. The number of hydrogen-bond acceptors (Lipinski definition) is 6. The third-order valence-electron chi connectivity index (χ3n) is 2.83. The van der Waals surface area contributed by atoms with Gasteiger partial charge in [0.2, 0.25) is 0 Å². The van der Waals surface area contributed by atoms with Crippen molar-refractivity contribution in [2.45, 2.75) is 0 Å². The van der Waals surface area contributed by atoms with Crippen LogP contribution in [0.5, 0.6) is 0 Å². The summed E-state index contributed by atoms with van der Waals surface area (Å²) in [6.45, 7) is 0. The zero-order valence-corrected chi connectivity index (χ0v) is 10.8. The van der Waals surface area contributed by atoms with Crippen LogP contribution in [0.1, 0.15) is 0 Å². The molecule has 0 aliphatic heterocycles. The Bertz CT molecular complexity index is 991. The molecule has 0 radical (unpaired) electrons. The number of hydrogen-bond donors (Lipinski definition) is 4. The van der Waals surface area contributed by atoms with Crippen molar-refractivity contribution in [2.24, 2.45) is 0 Å². The van der Waals surface area contributed by atoms with Crippen molar-refractivity contribution in [1.82, 2.24) is 30.4 Å². The number of nitrogens with zero attached hydrogens (tertiary/aromatic N) is 2. The van der Waals surface area contributed by atoms with Crippen LogP contribution in [-0.2, 0) is 0 Å². The SMILES string of the molecule is O=c1[nH]nc(-c2cccc(-c3n[nH]c(=O)[nH]c3=O)c2)c(=O)[nH]1. The zero-order chi connectivity index (χ0) is 15.7. The molecule has 0 bridgehead atoms. The lowest BCUT2D eigenvalue weighted by atomic mass is 10.1. The molecule has 0 saturated heterocycles. The Morgan fingerprint density at radius 1 is 0.727 bits per heavy atom. The molecule has 10 heteroatoms. The van der Waals surface area contributed by atoms with Gasteiger partial charge in [-0.05, 0) is 6.07 Å². The second-order valence-corrected chi connectivity index (χ2v) is 4.29. The van der Waals surface area contributed by atoms with E-state index in [-0.39, 0.29) is 11.4 Å². The quantitative estimate of drug-likeness (QED) is 0.454. The highest BCUT2D eigenvalue weighted by atomic mass is 16.2. The van der Waals surface area contributed by atoms with Gasteiger partial charge in [-0.25, -0.2) is 19.8 Å². The predicted octanol–water partition coefficient (Wildman–Crippen LogP) is -1.44. The van der Waals surface area contributed by atoms with E-state index in [0.29, 0.717) is 11.1 Å². The Morgan fingerprint density at radius 3 is 1.59 bits per heavy atom. The third-order valence-corrected chi connectivity index (χ3v) is 2.83. The van der Waals surface area contributed by atoms with Gasteiger partial charge in [-0.1, -0.05) is 18.2 Å². The van der Waals surface area contributed by atoms with E-state index in [1.807, 2.05) is 0 Å². The molecule has 110 valence electrons. The predicted molar refractivity (Wildman–Crippen MR) is 75.4 cm³/mol. The minimum absolute atomic E-state index is 0.0118. The molecule has 0 saturated carbocycles. The first kappa shape index (κ1) is 13.4. The molecule has 10 nitrogen and oxygen atoms in total. The lowest BCUT2D eigenvalue weighted by molar-refractivity contribution is 0.895. The van der Waals surface area contributed by atoms with Crippen LogP contribution in [-0.4, -0.2) is 30.4 Å². The largest absolute Gasteiger partial charge is 0.342 e. The number of aromatic nitrogens is 6. The van der Waals surface area contributed by atoms with Crippen molar-refractivity contribution >= 4 is 0 Å². The van der Waals surface area contributed by atoms with Gasteiger partial charge < -0.3 is 0 Å². The molecule has 0 fully saturated rings. The fourth-order valence-corrected chi connectivity index (χ4v) is 1.90. The highest BCUT2D eigenvalue weighted by molar-refractivity contribution is 5.68.